The van der Waals surface area contributed by atoms with E-state index >= 15 is 0 Å². The van der Waals surface area contributed by atoms with Crippen molar-refractivity contribution >= 4 is 5.91 Å². The fourth-order valence-electron chi connectivity index (χ4n) is 4.20. The van der Waals surface area contributed by atoms with Gasteiger partial charge in [0.15, 0.2) is 0 Å². The number of hydrogen-bond acceptors (Lipinski definition) is 3. The van der Waals surface area contributed by atoms with Crippen molar-refractivity contribution in [2.45, 2.75) is 38.8 Å². The number of aryl methyl sites for hydroxylation is 2. The number of nitrogens with one attached hydrogen (secondary N) is 1. The summed E-state index contributed by atoms with van der Waals surface area (Å²) in [6.45, 7) is 4.21. The Morgan fingerprint density at radius 2 is 2.19 bits per heavy atom. The highest BCUT2D eigenvalue weighted by molar-refractivity contribution is 5.95. The Bertz CT molecular complexity index is 825. The molecule has 1 aliphatic heterocycles. The smallest absolute Gasteiger partial charge is 0.257 e. The van der Waals surface area contributed by atoms with Gasteiger partial charge < -0.3 is 14.8 Å². The third-order valence-corrected chi connectivity index (χ3v) is 5.97. The maximum Gasteiger partial charge on any atom is 0.257 e. The maximum absolute atomic E-state index is 14.5. The lowest BCUT2D eigenvalue weighted by atomic mass is 9.93. The minimum absolute atomic E-state index is 0.154. The van der Waals surface area contributed by atoms with Crippen LogP contribution in [0.25, 0.3) is 0 Å². The van der Waals surface area contributed by atoms with Gasteiger partial charge in [0.2, 0.25) is 0 Å². The monoisotopic (exact) mass is 356 g/mol. The van der Waals surface area contributed by atoms with Crippen molar-refractivity contribution in [2.75, 3.05) is 13.1 Å². The van der Waals surface area contributed by atoms with E-state index in [4.69, 9.17) is 0 Å². The largest absolute Gasteiger partial charge is 0.337 e. The number of carbonyl (C=O) groups is 1. The molecule has 138 valence electrons. The summed E-state index contributed by atoms with van der Waals surface area (Å²) in [5.74, 6) is 0.146. The van der Waals surface area contributed by atoms with Crippen LogP contribution in [0.3, 0.4) is 0 Å². The van der Waals surface area contributed by atoms with E-state index in [9.17, 15) is 9.18 Å². The number of carbonyl (C=O) groups excluding carboxylic acids is 1. The Labute approximate surface area is 153 Å². The second kappa shape index (κ2) is 6.50. The second-order valence-corrected chi connectivity index (χ2v) is 7.70. The second-order valence-electron chi connectivity index (χ2n) is 7.70. The molecule has 2 aromatic rings. The first kappa shape index (κ1) is 17.2. The number of benzene rings is 1. The SMILES string of the molecule is Cc1ccc(C(=O)N(Cc2nccn2C)C2CC23CCNCC3)c(F)c1. The fourth-order valence-corrected chi connectivity index (χ4v) is 4.20. The molecule has 1 atom stereocenters. The third kappa shape index (κ3) is 3.03. The van der Waals surface area contributed by atoms with Gasteiger partial charge in [-0.1, -0.05) is 6.07 Å². The Morgan fingerprint density at radius 3 is 2.85 bits per heavy atom. The fraction of sp³-hybridized carbons (Fsp3) is 0.500. The summed E-state index contributed by atoms with van der Waals surface area (Å²) in [4.78, 5) is 19.5. The van der Waals surface area contributed by atoms with Gasteiger partial charge in [-0.05, 0) is 62.4 Å². The summed E-state index contributed by atoms with van der Waals surface area (Å²) < 4.78 is 16.4. The van der Waals surface area contributed by atoms with Crippen LogP contribution in [0.15, 0.2) is 30.6 Å². The molecule has 1 aromatic carbocycles. The van der Waals surface area contributed by atoms with E-state index in [-0.39, 0.29) is 22.9 Å². The van der Waals surface area contributed by atoms with Gasteiger partial charge in [0.05, 0.1) is 12.1 Å². The first-order valence-corrected chi connectivity index (χ1v) is 9.24. The van der Waals surface area contributed by atoms with Gasteiger partial charge in [-0.25, -0.2) is 9.37 Å². The van der Waals surface area contributed by atoms with Crippen LogP contribution in [0.1, 0.15) is 41.0 Å². The summed E-state index contributed by atoms with van der Waals surface area (Å²) in [7, 11) is 1.92. The molecule has 2 heterocycles. The zero-order valence-corrected chi connectivity index (χ0v) is 15.3. The molecule has 1 aliphatic carbocycles. The molecule has 1 amide bonds. The maximum atomic E-state index is 14.5. The van der Waals surface area contributed by atoms with Gasteiger partial charge >= 0.3 is 0 Å². The van der Waals surface area contributed by atoms with Crippen molar-refractivity contribution in [1.82, 2.24) is 19.8 Å². The molecule has 0 radical (unpaired) electrons. The quantitative estimate of drug-likeness (QED) is 0.916. The molecule has 0 bridgehead atoms. The molecule has 1 saturated carbocycles. The lowest BCUT2D eigenvalue weighted by Gasteiger charge is -2.29. The van der Waals surface area contributed by atoms with Crippen molar-refractivity contribution < 1.29 is 9.18 Å². The normalized spacial score (nSPS) is 21.0. The van der Waals surface area contributed by atoms with Crippen LogP contribution >= 0.6 is 0 Å². The van der Waals surface area contributed by atoms with E-state index in [1.165, 1.54) is 6.07 Å². The zero-order chi connectivity index (χ0) is 18.3. The lowest BCUT2D eigenvalue weighted by Crippen LogP contribution is -2.39. The molecule has 2 aliphatic rings. The molecule has 1 unspecified atom stereocenters. The average Bonchev–Trinajstić information content (AvgIpc) is 3.13. The molecule has 1 saturated heterocycles. The van der Waals surface area contributed by atoms with E-state index in [0.29, 0.717) is 6.54 Å². The van der Waals surface area contributed by atoms with Crippen LogP contribution in [-0.2, 0) is 13.6 Å². The van der Waals surface area contributed by atoms with Gasteiger partial charge in [0, 0.05) is 25.5 Å². The molecular formula is C20H25FN4O. The standard InChI is InChI=1S/C20H25FN4O/c1-14-3-4-15(16(21)11-14)19(26)25(13-18-23-9-10-24(18)2)17-12-20(17)5-7-22-8-6-20/h3-4,9-11,17,22H,5-8,12-13H2,1-2H3. The molecule has 1 spiro atoms. The zero-order valence-electron chi connectivity index (χ0n) is 15.3. The number of halogens is 1. The lowest BCUT2D eigenvalue weighted by molar-refractivity contribution is 0.0680. The van der Waals surface area contributed by atoms with Crippen LogP contribution in [0, 0.1) is 18.2 Å². The molecule has 5 nitrogen and oxygen atoms in total. The van der Waals surface area contributed by atoms with Crippen LogP contribution in [0.5, 0.6) is 0 Å². The van der Waals surface area contributed by atoms with Crippen molar-refractivity contribution in [3.63, 3.8) is 0 Å². The van der Waals surface area contributed by atoms with E-state index in [1.54, 1.807) is 18.3 Å². The third-order valence-electron chi connectivity index (χ3n) is 5.97. The highest BCUT2D eigenvalue weighted by Crippen LogP contribution is 2.56. The van der Waals surface area contributed by atoms with Crippen LogP contribution < -0.4 is 5.32 Å². The number of imidazole rings is 1. The molecule has 2 fully saturated rings. The first-order valence-electron chi connectivity index (χ1n) is 9.24. The van der Waals surface area contributed by atoms with Crippen LogP contribution in [-0.4, -0.2) is 39.5 Å². The van der Waals surface area contributed by atoms with Gasteiger partial charge in [0.1, 0.15) is 11.6 Å². The summed E-state index contributed by atoms with van der Waals surface area (Å²) in [5, 5.41) is 3.39. The number of nitrogens with zero attached hydrogens (tertiary/aromatic N) is 3. The highest BCUT2D eigenvalue weighted by atomic mass is 19.1. The van der Waals surface area contributed by atoms with E-state index in [1.807, 2.05) is 29.6 Å². The van der Waals surface area contributed by atoms with Crippen molar-refractivity contribution in [3.05, 3.63) is 53.4 Å². The number of aromatic nitrogens is 2. The molecule has 1 N–H and O–H groups in total. The van der Waals surface area contributed by atoms with Gasteiger partial charge in [0.25, 0.3) is 5.91 Å². The summed E-state index contributed by atoms with van der Waals surface area (Å²) >= 11 is 0. The van der Waals surface area contributed by atoms with Gasteiger partial charge in [-0.15, -0.1) is 0 Å². The number of hydrogen-bond donors (Lipinski definition) is 1. The van der Waals surface area contributed by atoms with E-state index < -0.39 is 5.82 Å². The van der Waals surface area contributed by atoms with Crippen LogP contribution in [0.4, 0.5) is 4.39 Å². The molecule has 1 aromatic heterocycles. The molecule has 6 heteroatoms. The van der Waals surface area contributed by atoms with Crippen molar-refractivity contribution in [1.29, 1.82) is 0 Å². The first-order chi connectivity index (χ1) is 12.5. The Balaban J connectivity index is 1.64. The van der Waals surface area contributed by atoms with Crippen molar-refractivity contribution in [2.24, 2.45) is 12.5 Å². The molecule has 4 rings (SSSR count). The highest BCUT2D eigenvalue weighted by Gasteiger charge is 2.58. The summed E-state index contributed by atoms with van der Waals surface area (Å²) in [6.07, 6.45) is 6.74. The number of rotatable bonds is 4. The van der Waals surface area contributed by atoms with E-state index in [0.717, 1.165) is 43.7 Å². The number of piperidine rings is 1. The molecule has 26 heavy (non-hydrogen) atoms. The van der Waals surface area contributed by atoms with Gasteiger partial charge in [-0.2, -0.15) is 0 Å². The minimum Gasteiger partial charge on any atom is -0.337 e. The topological polar surface area (TPSA) is 50.2 Å². The predicted octanol–water partition coefficient (Wildman–Crippen LogP) is 2.65. The Kier molecular flexibility index (Phi) is 4.31. The van der Waals surface area contributed by atoms with E-state index in [2.05, 4.69) is 10.3 Å². The number of amides is 1. The Morgan fingerprint density at radius 1 is 1.42 bits per heavy atom. The van der Waals surface area contributed by atoms with Gasteiger partial charge in [-0.3, -0.25) is 4.79 Å². The summed E-state index contributed by atoms with van der Waals surface area (Å²) in [5.41, 5.74) is 1.16. The predicted molar refractivity (Wildman–Crippen MR) is 97.2 cm³/mol. The van der Waals surface area contributed by atoms with Crippen LogP contribution in [0.2, 0.25) is 0 Å². The summed E-state index contributed by atoms with van der Waals surface area (Å²) in [6, 6.07) is 4.99. The average molecular weight is 356 g/mol. The van der Waals surface area contributed by atoms with Crippen molar-refractivity contribution in [3.8, 4) is 0 Å². The minimum atomic E-state index is -0.445. The molecular weight excluding hydrogens is 331 g/mol. The Hall–Kier alpha value is -2.21.